The van der Waals surface area contributed by atoms with Crippen molar-refractivity contribution in [2.45, 2.75) is 38.5 Å². The van der Waals surface area contributed by atoms with Crippen molar-refractivity contribution in [1.29, 1.82) is 0 Å². The summed E-state index contributed by atoms with van der Waals surface area (Å²) >= 11 is 0. The van der Waals surface area contributed by atoms with Gasteiger partial charge in [0, 0.05) is 13.0 Å². The summed E-state index contributed by atoms with van der Waals surface area (Å²) in [5.74, 6) is -2.22. The second kappa shape index (κ2) is 8.35. The van der Waals surface area contributed by atoms with Gasteiger partial charge in [-0.2, -0.15) is 0 Å². The van der Waals surface area contributed by atoms with Crippen molar-refractivity contribution >= 4 is 28.7 Å². The third kappa shape index (κ3) is 3.46. The van der Waals surface area contributed by atoms with Gasteiger partial charge in [-0.05, 0) is 30.5 Å². The van der Waals surface area contributed by atoms with Gasteiger partial charge in [0.1, 0.15) is 12.4 Å². The van der Waals surface area contributed by atoms with Gasteiger partial charge >= 0.3 is 5.97 Å². The number of ether oxygens (including phenoxy) is 1. The fourth-order valence-electron chi connectivity index (χ4n) is 4.07. The normalized spacial score (nSPS) is 18.4. The summed E-state index contributed by atoms with van der Waals surface area (Å²) in [6, 6.07) is 14.0. The van der Waals surface area contributed by atoms with E-state index in [0.717, 1.165) is 10.1 Å². The molecule has 0 aliphatic carbocycles. The standard InChI is InChI=1S/C23H22N4O5/c1-14-25-17-9-5-8-16(12-24)19(17)20(29)27(14)23(11-10-18(28)26-21(23)30)22(31)32-13-15-6-3-2-4-7-15/h2-9H,10-13,24H2,1H3,(H,26,28,30)/t23-/m0/s1. The van der Waals surface area contributed by atoms with E-state index in [1.54, 1.807) is 42.5 Å². The van der Waals surface area contributed by atoms with E-state index in [0.29, 0.717) is 11.1 Å². The number of nitrogens with zero attached hydrogens (tertiary/aromatic N) is 2. The Balaban J connectivity index is 1.89. The molecule has 2 aromatic carbocycles. The molecule has 3 aromatic rings. The van der Waals surface area contributed by atoms with Crippen molar-refractivity contribution in [1.82, 2.24) is 14.9 Å². The molecule has 1 saturated heterocycles. The number of hydrogen-bond donors (Lipinski definition) is 2. The van der Waals surface area contributed by atoms with Gasteiger partial charge in [-0.15, -0.1) is 0 Å². The fourth-order valence-corrected chi connectivity index (χ4v) is 4.07. The Morgan fingerprint density at radius 3 is 2.59 bits per heavy atom. The van der Waals surface area contributed by atoms with Crippen LogP contribution in [0.5, 0.6) is 0 Å². The minimum Gasteiger partial charge on any atom is -0.459 e. The SMILES string of the molecule is Cc1nc2cccc(CN)c2c(=O)n1[C@@]1(C(=O)OCc2ccccc2)CCC(=O)NC1=O. The molecule has 0 saturated carbocycles. The number of imide groups is 1. The van der Waals surface area contributed by atoms with Crippen molar-refractivity contribution < 1.29 is 19.1 Å². The number of carbonyl (C=O) groups is 3. The Morgan fingerprint density at radius 2 is 1.91 bits per heavy atom. The molecule has 1 aliphatic rings. The van der Waals surface area contributed by atoms with Crippen molar-refractivity contribution in [3.05, 3.63) is 75.8 Å². The molecule has 1 atom stereocenters. The molecule has 4 rings (SSSR count). The van der Waals surface area contributed by atoms with E-state index in [4.69, 9.17) is 10.5 Å². The zero-order chi connectivity index (χ0) is 22.9. The summed E-state index contributed by atoms with van der Waals surface area (Å²) in [6.45, 7) is 1.52. The van der Waals surface area contributed by atoms with Crippen molar-refractivity contribution in [2.75, 3.05) is 0 Å². The van der Waals surface area contributed by atoms with E-state index in [9.17, 15) is 19.2 Å². The molecule has 1 aromatic heterocycles. The van der Waals surface area contributed by atoms with Gasteiger partial charge < -0.3 is 10.5 Å². The molecule has 32 heavy (non-hydrogen) atoms. The van der Waals surface area contributed by atoms with Crippen LogP contribution in [-0.2, 0) is 37.8 Å². The lowest BCUT2D eigenvalue weighted by atomic mass is 9.87. The van der Waals surface area contributed by atoms with Crippen LogP contribution in [0.2, 0.25) is 0 Å². The minimum absolute atomic E-state index is 0.0768. The lowest BCUT2D eigenvalue weighted by Crippen LogP contribution is -2.62. The number of aromatic nitrogens is 2. The molecule has 1 fully saturated rings. The molecule has 0 bridgehead atoms. The first-order valence-corrected chi connectivity index (χ1v) is 10.2. The van der Waals surface area contributed by atoms with Crippen LogP contribution in [0, 0.1) is 6.92 Å². The number of amides is 2. The van der Waals surface area contributed by atoms with Gasteiger partial charge in [0.15, 0.2) is 0 Å². The van der Waals surface area contributed by atoms with E-state index in [-0.39, 0.29) is 37.2 Å². The summed E-state index contributed by atoms with van der Waals surface area (Å²) in [4.78, 5) is 56.5. The molecule has 3 N–H and O–H groups in total. The van der Waals surface area contributed by atoms with E-state index < -0.39 is 28.9 Å². The van der Waals surface area contributed by atoms with Gasteiger partial charge in [-0.25, -0.2) is 9.78 Å². The van der Waals surface area contributed by atoms with Gasteiger partial charge in [-0.3, -0.25) is 24.3 Å². The number of carbonyl (C=O) groups excluding carboxylic acids is 3. The fraction of sp³-hybridized carbons (Fsp3) is 0.261. The molecular formula is C23H22N4O5. The average Bonchev–Trinajstić information content (AvgIpc) is 2.79. The van der Waals surface area contributed by atoms with E-state index in [2.05, 4.69) is 10.3 Å². The van der Waals surface area contributed by atoms with Gasteiger partial charge in [0.2, 0.25) is 11.4 Å². The first-order chi connectivity index (χ1) is 15.4. The third-order valence-electron chi connectivity index (χ3n) is 5.65. The number of aryl methyl sites for hydroxylation is 1. The second-order valence-electron chi connectivity index (χ2n) is 7.61. The van der Waals surface area contributed by atoms with Crippen molar-refractivity contribution in [3.8, 4) is 0 Å². The summed E-state index contributed by atoms with van der Waals surface area (Å²) in [6.07, 6.45) is -0.349. The molecule has 0 spiro atoms. The molecular weight excluding hydrogens is 412 g/mol. The van der Waals surface area contributed by atoms with Crippen molar-refractivity contribution in [3.63, 3.8) is 0 Å². The Kier molecular flexibility index (Phi) is 5.58. The maximum atomic E-state index is 13.6. The predicted molar refractivity (Wildman–Crippen MR) is 115 cm³/mol. The number of nitrogens with two attached hydrogens (primary N) is 1. The van der Waals surface area contributed by atoms with Crippen LogP contribution >= 0.6 is 0 Å². The number of piperidine rings is 1. The van der Waals surface area contributed by atoms with Crippen LogP contribution in [0.1, 0.15) is 29.8 Å². The third-order valence-corrected chi connectivity index (χ3v) is 5.65. The van der Waals surface area contributed by atoms with E-state index in [1.807, 2.05) is 6.07 Å². The lowest BCUT2D eigenvalue weighted by molar-refractivity contribution is -0.164. The van der Waals surface area contributed by atoms with Gasteiger partial charge in [-0.1, -0.05) is 42.5 Å². The molecule has 2 amide bonds. The zero-order valence-corrected chi connectivity index (χ0v) is 17.5. The summed E-state index contributed by atoms with van der Waals surface area (Å²) in [5, 5.41) is 2.41. The van der Waals surface area contributed by atoms with Crippen LogP contribution in [0.25, 0.3) is 10.9 Å². The van der Waals surface area contributed by atoms with Gasteiger partial charge in [0.05, 0.1) is 10.9 Å². The molecule has 164 valence electrons. The van der Waals surface area contributed by atoms with Crippen LogP contribution in [-0.4, -0.2) is 27.3 Å². The topological polar surface area (TPSA) is 133 Å². The van der Waals surface area contributed by atoms with Crippen LogP contribution < -0.4 is 16.6 Å². The molecule has 1 aliphatic heterocycles. The molecule has 2 heterocycles. The van der Waals surface area contributed by atoms with E-state index >= 15 is 0 Å². The number of benzene rings is 2. The van der Waals surface area contributed by atoms with E-state index in [1.165, 1.54) is 6.92 Å². The van der Waals surface area contributed by atoms with Gasteiger partial charge in [0.25, 0.3) is 11.5 Å². The number of nitrogens with one attached hydrogen (secondary N) is 1. The monoisotopic (exact) mass is 434 g/mol. The smallest absolute Gasteiger partial charge is 0.342 e. The summed E-state index contributed by atoms with van der Waals surface area (Å²) in [5.41, 5.74) is 4.82. The first-order valence-electron chi connectivity index (χ1n) is 10.2. The highest BCUT2D eigenvalue weighted by atomic mass is 16.5. The summed E-state index contributed by atoms with van der Waals surface area (Å²) in [7, 11) is 0. The van der Waals surface area contributed by atoms with Crippen LogP contribution in [0.4, 0.5) is 0 Å². The number of fused-ring (bicyclic) bond motifs is 1. The summed E-state index contributed by atoms with van der Waals surface area (Å²) < 4.78 is 6.53. The Labute approximate surface area is 183 Å². The lowest BCUT2D eigenvalue weighted by Gasteiger charge is -2.35. The molecule has 0 radical (unpaired) electrons. The Bertz CT molecular complexity index is 1280. The predicted octanol–water partition coefficient (Wildman–Crippen LogP) is 1.04. The highest BCUT2D eigenvalue weighted by Crippen LogP contribution is 2.30. The number of esters is 1. The maximum Gasteiger partial charge on any atom is 0.342 e. The Morgan fingerprint density at radius 1 is 1.16 bits per heavy atom. The van der Waals surface area contributed by atoms with Crippen LogP contribution in [0.15, 0.2) is 53.3 Å². The molecule has 9 heteroatoms. The highest BCUT2D eigenvalue weighted by molar-refractivity contribution is 6.13. The average molecular weight is 434 g/mol. The largest absolute Gasteiger partial charge is 0.459 e. The highest BCUT2D eigenvalue weighted by Gasteiger charge is 2.54. The maximum absolute atomic E-state index is 13.6. The van der Waals surface area contributed by atoms with Crippen LogP contribution in [0.3, 0.4) is 0 Å². The number of hydrogen-bond acceptors (Lipinski definition) is 7. The second-order valence-corrected chi connectivity index (χ2v) is 7.61. The zero-order valence-electron chi connectivity index (χ0n) is 17.5. The minimum atomic E-state index is -2.06. The van der Waals surface area contributed by atoms with Crippen molar-refractivity contribution in [2.24, 2.45) is 5.73 Å². The molecule has 9 nitrogen and oxygen atoms in total. The number of rotatable bonds is 5. The first kappa shape index (κ1) is 21.4. The Hall–Kier alpha value is -3.85. The quantitative estimate of drug-likeness (QED) is 0.348. The molecule has 0 unspecified atom stereocenters.